The van der Waals surface area contributed by atoms with E-state index in [0.29, 0.717) is 11.7 Å². The van der Waals surface area contributed by atoms with Gasteiger partial charge in [-0.3, -0.25) is 9.59 Å². The minimum Gasteiger partial charge on any atom is -0.372 e. The fraction of sp³-hybridized carbons (Fsp3) is 0.905. The smallest absolute Gasteiger partial charge is 0.225 e. The highest BCUT2D eigenvalue weighted by atomic mass is 16.5. The van der Waals surface area contributed by atoms with E-state index in [4.69, 9.17) is 4.74 Å². The molecule has 1 saturated carbocycles. The zero-order chi connectivity index (χ0) is 18.8. The van der Waals surface area contributed by atoms with Gasteiger partial charge in [0.25, 0.3) is 0 Å². The third-order valence-electron chi connectivity index (χ3n) is 5.46. The molecule has 0 N–H and O–H groups in total. The largest absolute Gasteiger partial charge is 0.372 e. The highest BCUT2D eigenvalue weighted by Crippen LogP contribution is 2.35. The predicted octanol–water partition coefficient (Wildman–Crippen LogP) is 4.21. The van der Waals surface area contributed by atoms with Crippen LogP contribution in [0, 0.1) is 17.3 Å². The molecule has 1 amide bonds. The van der Waals surface area contributed by atoms with Crippen molar-refractivity contribution in [2.45, 2.75) is 91.8 Å². The van der Waals surface area contributed by atoms with Crippen molar-refractivity contribution in [3.05, 3.63) is 0 Å². The average molecular weight is 352 g/mol. The van der Waals surface area contributed by atoms with Crippen molar-refractivity contribution < 1.29 is 14.3 Å². The number of hydrogen-bond acceptors (Lipinski definition) is 3. The third-order valence-corrected chi connectivity index (χ3v) is 5.46. The first kappa shape index (κ1) is 20.4. The van der Waals surface area contributed by atoms with E-state index >= 15 is 0 Å². The van der Waals surface area contributed by atoms with E-state index in [1.807, 2.05) is 25.7 Å². The Labute approximate surface area is 153 Å². The Morgan fingerprint density at radius 1 is 0.800 bits per heavy atom. The third kappa shape index (κ3) is 5.80. The van der Waals surface area contributed by atoms with Gasteiger partial charge in [0.15, 0.2) is 0 Å². The molecule has 1 heterocycles. The summed E-state index contributed by atoms with van der Waals surface area (Å²) in [5, 5.41) is 0. The van der Waals surface area contributed by atoms with Crippen LogP contribution in [0.3, 0.4) is 0 Å². The molecule has 0 bridgehead atoms. The monoisotopic (exact) mass is 351 g/mol. The number of amides is 1. The van der Waals surface area contributed by atoms with Crippen molar-refractivity contribution >= 4 is 11.7 Å². The summed E-state index contributed by atoms with van der Waals surface area (Å²) in [6.07, 6.45) is 5.60. The van der Waals surface area contributed by atoms with E-state index in [1.54, 1.807) is 0 Å². The molecule has 0 aromatic rings. The molecule has 0 spiro atoms. The number of likely N-dealkylation sites (tertiary alicyclic amines) is 1. The molecule has 0 aromatic heterocycles. The van der Waals surface area contributed by atoms with Crippen molar-refractivity contribution in [2.75, 3.05) is 13.1 Å². The molecular weight excluding hydrogens is 314 g/mol. The maximum absolute atomic E-state index is 12.8. The van der Waals surface area contributed by atoms with E-state index in [2.05, 4.69) is 20.8 Å². The van der Waals surface area contributed by atoms with Crippen LogP contribution in [-0.2, 0) is 14.3 Å². The molecular formula is C21H37NO3. The van der Waals surface area contributed by atoms with Gasteiger partial charge in [0.1, 0.15) is 5.78 Å². The van der Waals surface area contributed by atoms with Crippen LogP contribution in [-0.4, -0.2) is 41.4 Å². The zero-order valence-corrected chi connectivity index (χ0v) is 17.1. The molecule has 0 atom stereocenters. The summed E-state index contributed by atoms with van der Waals surface area (Å²) in [5.41, 5.74) is -0.384. The Kier molecular flexibility index (Phi) is 6.35. The molecule has 1 saturated heterocycles. The maximum atomic E-state index is 12.8. The second-order valence-electron chi connectivity index (χ2n) is 9.92. The van der Waals surface area contributed by atoms with Gasteiger partial charge in [-0.25, -0.2) is 0 Å². The van der Waals surface area contributed by atoms with Gasteiger partial charge in [0.05, 0.1) is 11.7 Å². The molecule has 0 aromatic carbocycles. The summed E-state index contributed by atoms with van der Waals surface area (Å²) in [5.74, 6) is 0.925. The van der Waals surface area contributed by atoms with Crippen LogP contribution in [0.2, 0.25) is 0 Å². The Bertz CT molecular complexity index is 470. The van der Waals surface area contributed by atoms with Crippen molar-refractivity contribution in [1.29, 1.82) is 0 Å². The first-order valence-electron chi connectivity index (χ1n) is 9.98. The van der Waals surface area contributed by atoms with Crippen molar-refractivity contribution in [1.82, 2.24) is 4.90 Å². The average Bonchev–Trinajstić information content (AvgIpc) is 2.52. The molecule has 144 valence electrons. The summed E-state index contributed by atoms with van der Waals surface area (Å²) in [6.45, 7) is 13.9. The Morgan fingerprint density at radius 3 is 1.72 bits per heavy atom. The molecule has 2 fully saturated rings. The molecule has 0 radical (unpaired) electrons. The van der Waals surface area contributed by atoms with Crippen LogP contribution in [0.15, 0.2) is 0 Å². The summed E-state index contributed by atoms with van der Waals surface area (Å²) in [6, 6.07) is 0. The number of hydrogen-bond donors (Lipinski definition) is 0. The summed E-state index contributed by atoms with van der Waals surface area (Å²) >= 11 is 0. The molecule has 1 aliphatic carbocycles. The number of Topliss-reactive ketones (excluding diaryl/α,β-unsaturated/α-hetero) is 1. The van der Waals surface area contributed by atoms with E-state index in [-0.39, 0.29) is 29.0 Å². The van der Waals surface area contributed by atoms with Crippen LogP contribution >= 0.6 is 0 Å². The van der Waals surface area contributed by atoms with Gasteiger partial charge >= 0.3 is 0 Å². The second-order valence-corrected chi connectivity index (χ2v) is 9.92. The van der Waals surface area contributed by atoms with Crippen LogP contribution in [0.5, 0.6) is 0 Å². The number of ketones is 1. The lowest BCUT2D eigenvalue weighted by molar-refractivity contribution is -0.143. The van der Waals surface area contributed by atoms with E-state index in [0.717, 1.165) is 51.6 Å². The number of piperidine rings is 1. The summed E-state index contributed by atoms with van der Waals surface area (Å²) in [4.78, 5) is 27.3. The SMILES string of the molecule is CC(C)(C)OC1CCN(C(=O)C2CCC(C(=O)C(C)(C)C)CC2)CC1. The minimum atomic E-state index is -0.267. The fourth-order valence-electron chi connectivity index (χ4n) is 4.17. The van der Waals surface area contributed by atoms with Crippen LogP contribution < -0.4 is 0 Å². The Balaban J connectivity index is 1.79. The quantitative estimate of drug-likeness (QED) is 0.765. The van der Waals surface area contributed by atoms with Gasteiger partial charge < -0.3 is 9.64 Å². The summed E-state index contributed by atoms with van der Waals surface area (Å²) in [7, 11) is 0. The lowest BCUT2D eigenvalue weighted by Gasteiger charge is -2.38. The van der Waals surface area contributed by atoms with E-state index < -0.39 is 0 Å². The molecule has 4 heteroatoms. The molecule has 4 nitrogen and oxygen atoms in total. The van der Waals surface area contributed by atoms with Crippen LogP contribution in [0.25, 0.3) is 0 Å². The Hall–Kier alpha value is -0.900. The summed E-state index contributed by atoms with van der Waals surface area (Å²) < 4.78 is 6.05. The van der Waals surface area contributed by atoms with Crippen LogP contribution in [0.4, 0.5) is 0 Å². The molecule has 1 aliphatic heterocycles. The maximum Gasteiger partial charge on any atom is 0.225 e. The van der Waals surface area contributed by atoms with Gasteiger partial charge in [-0.1, -0.05) is 20.8 Å². The highest BCUT2D eigenvalue weighted by molar-refractivity contribution is 5.86. The lowest BCUT2D eigenvalue weighted by atomic mass is 9.73. The molecule has 0 unspecified atom stereocenters. The first-order chi connectivity index (χ1) is 11.5. The fourth-order valence-corrected chi connectivity index (χ4v) is 4.17. The normalized spacial score (nSPS) is 26.6. The number of carbonyl (C=O) groups excluding carboxylic acids is 2. The van der Waals surface area contributed by atoms with Gasteiger partial charge in [0, 0.05) is 30.3 Å². The van der Waals surface area contributed by atoms with Gasteiger partial charge in [0.2, 0.25) is 5.91 Å². The van der Waals surface area contributed by atoms with E-state index in [9.17, 15) is 9.59 Å². The second kappa shape index (κ2) is 7.77. The zero-order valence-electron chi connectivity index (χ0n) is 17.1. The van der Waals surface area contributed by atoms with Gasteiger partial charge in [-0.05, 0) is 59.3 Å². The predicted molar refractivity (Wildman–Crippen MR) is 100 cm³/mol. The van der Waals surface area contributed by atoms with Crippen LogP contribution in [0.1, 0.15) is 80.1 Å². The van der Waals surface area contributed by atoms with Crippen molar-refractivity contribution in [3.63, 3.8) is 0 Å². The minimum absolute atomic E-state index is 0.115. The number of carbonyl (C=O) groups is 2. The molecule has 2 rings (SSSR count). The number of rotatable bonds is 3. The lowest BCUT2D eigenvalue weighted by Crippen LogP contribution is -2.46. The van der Waals surface area contributed by atoms with Crippen molar-refractivity contribution in [3.8, 4) is 0 Å². The Morgan fingerprint density at radius 2 is 1.28 bits per heavy atom. The van der Waals surface area contributed by atoms with E-state index in [1.165, 1.54) is 0 Å². The van der Waals surface area contributed by atoms with Gasteiger partial charge in [-0.15, -0.1) is 0 Å². The number of ether oxygens (including phenoxy) is 1. The van der Waals surface area contributed by atoms with Crippen molar-refractivity contribution in [2.24, 2.45) is 17.3 Å². The van der Waals surface area contributed by atoms with Gasteiger partial charge in [-0.2, -0.15) is 0 Å². The number of nitrogens with zero attached hydrogens (tertiary/aromatic N) is 1. The molecule has 25 heavy (non-hydrogen) atoms. The first-order valence-corrected chi connectivity index (χ1v) is 9.98. The highest BCUT2D eigenvalue weighted by Gasteiger charge is 2.36. The standard InChI is InChI=1S/C21H37NO3/c1-20(2,3)18(23)15-7-9-16(10-8-15)19(24)22-13-11-17(12-14-22)25-21(4,5)6/h15-17H,7-14H2,1-6H3. The molecule has 2 aliphatic rings. The topological polar surface area (TPSA) is 46.6 Å².